The van der Waals surface area contributed by atoms with Crippen LogP contribution in [0.3, 0.4) is 0 Å². The van der Waals surface area contributed by atoms with Crippen LogP contribution >= 0.6 is 0 Å². The molecule has 8 aromatic rings. The van der Waals surface area contributed by atoms with Crippen LogP contribution in [-0.2, 0) is 49.4 Å². The number of nitrogens with zero attached hydrogens (tertiary/aromatic N) is 2. The molecule has 2 aliphatic heterocycles. The molecule has 0 N–H and O–H groups in total. The zero-order valence-corrected chi connectivity index (χ0v) is 36.3. The molecule has 8 aromatic carbocycles. The van der Waals surface area contributed by atoms with Gasteiger partial charge in [-0.2, -0.15) is 0 Å². The maximum absolute atomic E-state index is 2.57. The molecule has 0 fully saturated rings. The topological polar surface area (TPSA) is 6.48 Å². The number of hydrogen-bond acceptors (Lipinski definition) is 2. The first-order valence-corrected chi connectivity index (χ1v) is 23.7. The monoisotopic (exact) mass is 822 g/mol. The minimum Gasteiger partial charge on any atom is -0.341 e. The lowest BCUT2D eigenvalue weighted by Gasteiger charge is -2.33. The molecule has 2 heterocycles. The normalized spacial score (nSPS) is 17.5. The first kappa shape index (κ1) is 36.6. The largest absolute Gasteiger partial charge is 0.341 e. The van der Waals surface area contributed by atoms with Gasteiger partial charge in [-0.15, -0.1) is 0 Å². The van der Waals surface area contributed by atoms with E-state index in [2.05, 4.69) is 192 Å². The van der Waals surface area contributed by atoms with Crippen molar-refractivity contribution in [2.75, 3.05) is 22.9 Å². The molecule has 64 heavy (non-hydrogen) atoms. The Hall–Kier alpha value is -6.90. The van der Waals surface area contributed by atoms with E-state index >= 15 is 0 Å². The van der Waals surface area contributed by atoms with Crippen LogP contribution in [0.5, 0.6) is 0 Å². The van der Waals surface area contributed by atoms with E-state index in [1.54, 1.807) is 0 Å². The molecule has 308 valence electrons. The number of aryl methyl sites for hydroxylation is 2. The van der Waals surface area contributed by atoms with E-state index in [1.807, 2.05) is 0 Å². The van der Waals surface area contributed by atoms with Crippen molar-refractivity contribution in [2.45, 2.75) is 62.2 Å². The first-order valence-electron chi connectivity index (χ1n) is 23.7. The third-order valence-corrected chi connectivity index (χ3v) is 16.3. The summed E-state index contributed by atoms with van der Waals surface area (Å²) in [5.74, 6) is 0. The fraction of sp³-hybridized carbons (Fsp3) is 0.194. The lowest BCUT2D eigenvalue weighted by atomic mass is 9.75. The molecule has 0 atom stereocenters. The molecule has 0 unspecified atom stereocenters. The highest BCUT2D eigenvalue weighted by Gasteiger charge is 2.49. The summed E-state index contributed by atoms with van der Waals surface area (Å²) in [5.41, 5.74) is 28.2. The van der Waals surface area contributed by atoms with Gasteiger partial charge in [0.05, 0.1) is 0 Å². The summed E-state index contributed by atoms with van der Waals surface area (Å²) in [7, 11) is 0. The SMILES string of the molecule is C(=Cc1ccc2c(c1)C1(Cc3ccccc3C1)c1cc(N3CCCc4ccccc43)ccc1-2)c1ccc2c(c1)C1(Cc3ccccc3C1)c1cc(N3CCCc4ccccc43)ccc1-2. The van der Waals surface area contributed by atoms with Gasteiger partial charge >= 0.3 is 0 Å². The van der Waals surface area contributed by atoms with E-state index in [0.717, 1.165) is 51.6 Å². The maximum atomic E-state index is 2.57. The van der Waals surface area contributed by atoms with Gasteiger partial charge in [0.15, 0.2) is 0 Å². The zero-order chi connectivity index (χ0) is 42.0. The minimum atomic E-state index is -0.0815. The van der Waals surface area contributed by atoms with Gasteiger partial charge in [-0.25, -0.2) is 0 Å². The molecule has 0 saturated carbocycles. The fourth-order valence-corrected chi connectivity index (χ4v) is 13.3. The van der Waals surface area contributed by atoms with Crippen LogP contribution in [0.15, 0.2) is 170 Å². The van der Waals surface area contributed by atoms with Crippen molar-refractivity contribution in [1.82, 2.24) is 0 Å². The highest BCUT2D eigenvalue weighted by Crippen LogP contribution is 2.58. The Balaban J connectivity index is 0.836. The van der Waals surface area contributed by atoms with Crippen molar-refractivity contribution < 1.29 is 0 Å². The molecule has 0 bridgehead atoms. The van der Waals surface area contributed by atoms with Crippen LogP contribution in [0, 0.1) is 0 Å². The molecule has 0 amide bonds. The number of anilines is 4. The van der Waals surface area contributed by atoms with E-state index in [1.165, 1.54) is 125 Å². The molecular weight excluding hydrogens is 773 g/mol. The van der Waals surface area contributed by atoms with Crippen LogP contribution in [0.25, 0.3) is 34.4 Å². The molecule has 0 saturated heterocycles. The van der Waals surface area contributed by atoms with E-state index in [-0.39, 0.29) is 10.8 Å². The van der Waals surface area contributed by atoms with Gasteiger partial charge in [-0.05, 0) is 177 Å². The third-order valence-electron chi connectivity index (χ3n) is 16.3. The molecule has 4 aliphatic carbocycles. The van der Waals surface area contributed by atoms with E-state index in [9.17, 15) is 0 Å². The summed E-state index contributed by atoms with van der Waals surface area (Å²) in [4.78, 5) is 5.14. The predicted molar refractivity (Wildman–Crippen MR) is 265 cm³/mol. The second kappa shape index (κ2) is 13.8. The number of fused-ring (bicyclic) bond motifs is 14. The van der Waals surface area contributed by atoms with E-state index in [4.69, 9.17) is 0 Å². The van der Waals surface area contributed by atoms with Gasteiger partial charge in [0.2, 0.25) is 0 Å². The highest BCUT2D eigenvalue weighted by atomic mass is 15.1. The average Bonchev–Trinajstić information content (AvgIpc) is 4.08. The molecule has 2 nitrogen and oxygen atoms in total. The van der Waals surface area contributed by atoms with Crippen molar-refractivity contribution >= 4 is 34.9 Å². The Kier molecular flexibility index (Phi) is 7.88. The maximum Gasteiger partial charge on any atom is 0.0443 e. The van der Waals surface area contributed by atoms with Crippen LogP contribution < -0.4 is 9.80 Å². The molecular formula is C62H50N2. The van der Waals surface area contributed by atoms with Crippen LogP contribution in [0.1, 0.15) is 79.6 Å². The number of para-hydroxylation sites is 2. The second-order valence-electron chi connectivity index (χ2n) is 19.6. The fourth-order valence-electron chi connectivity index (χ4n) is 13.3. The molecule has 6 aliphatic rings. The number of hydrogen-bond donors (Lipinski definition) is 0. The standard InChI is InChI=1S/C62H50N2/c1-2-14-46-38-61(37-45(46)13-1)55-33-41(23-27-51(55)53-29-25-49(35-57(53)61)63-31-9-17-43-11-5-7-19-59(43)63)21-22-42-24-28-52-54-30-26-50(64-32-10-18-44-12-6-8-20-60(44)64)36-58(54)62(56(52)34-42)39-47-15-3-4-16-48(47)40-62/h1-8,11-16,19-30,33-36H,9-10,17-18,31-32,37-40H2. The van der Waals surface area contributed by atoms with Crippen LogP contribution in [0.2, 0.25) is 0 Å². The molecule has 0 aromatic heterocycles. The smallest absolute Gasteiger partial charge is 0.0443 e. The summed E-state index contributed by atoms with van der Waals surface area (Å²) in [6.45, 7) is 2.12. The van der Waals surface area contributed by atoms with Gasteiger partial charge in [-0.1, -0.05) is 146 Å². The van der Waals surface area contributed by atoms with Gasteiger partial charge < -0.3 is 9.80 Å². The van der Waals surface area contributed by atoms with Crippen LogP contribution in [0.4, 0.5) is 22.7 Å². The molecule has 0 radical (unpaired) electrons. The highest BCUT2D eigenvalue weighted by molar-refractivity contribution is 5.89. The summed E-state index contributed by atoms with van der Waals surface area (Å²) in [6.07, 6.45) is 13.6. The minimum absolute atomic E-state index is 0.0815. The molecule has 2 heteroatoms. The van der Waals surface area contributed by atoms with Crippen molar-refractivity contribution in [2.24, 2.45) is 0 Å². The van der Waals surface area contributed by atoms with Gasteiger partial charge in [0.25, 0.3) is 0 Å². The number of benzene rings is 8. The Labute approximate surface area is 377 Å². The van der Waals surface area contributed by atoms with Gasteiger partial charge in [0.1, 0.15) is 0 Å². The summed E-state index contributed by atoms with van der Waals surface area (Å²) < 4.78 is 0. The third kappa shape index (κ3) is 5.32. The van der Waals surface area contributed by atoms with Crippen molar-refractivity contribution in [3.8, 4) is 22.3 Å². The predicted octanol–water partition coefficient (Wildman–Crippen LogP) is 14.2. The van der Waals surface area contributed by atoms with Crippen molar-refractivity contribution in [1.29, 1.82) is 0 Å². The van der Waals surface area contributed by atoms with E-state index in [0.29, 0.717) is 0 Å². The average molecular weight is 823 g/mol. The van der Waals surface area contributed by atoms with Gasteiger partial charge in [0, 0.05) is 46.7 Å². The Morgan fingerprint density at radius 2 is 0.688 bits per heavy atom. The quantitative estimate of drug-likeness (QED) is 0.163. The van der Waals surface area contributed by atoms with Crippen molar-refractivity contribution in [3.05, 3.63) is 237 Å². The summed E-state index contributed by atoms with van der Waals surface area (Å²) in [6, 6.07) is 65.8. The Bertz CT molecular complexity index is 3010. The van der Waals surface area contributed by atoms with Crippen molar-refractivity contribution in [3.63, 3.8) is 0 Å². The Morgan fingerprint density at radius 1 is 0.344 bits per heavy atom. The summed E-state index contributed by atoms with van der Waals surface area (Å²) in [5, 5.41) is 0. The van der Waals surface area contributed by atoms with Crippen LogP contribution in [-0.4, -0.2) is 13.1 Å². The van der Waals surface area contributed by atoms with Gasteiger partial charge in [-0.3, -0.25) is 0 Å². The second-order valence-corrected chi connectivity index (χ2v) is 19.6. The first-order chi connectivity index (χ1) is 31.6. The molecule has 14 rings (SSSR count). The molecule has 2 spiro atoms. The Morgan fingerprint density at radius 3 is 1.09 bits per heavy atom. The summed E-state index contributed by atoms with van der Waals surface area (Å²) >= 11 is 0. The lowest BCUT2D eigenvalue weighted by molar-refractivity contribution is 0.563. The zero-order valence-electron chi connectivity index (χ0n) is 36.3. The number of rotatable bonds is 4. The lowest BCUT2D eigenvalue weighted by Crippen LogP contribution is -2.27. The van der Waals surface area contributed by atoms with E-state index < -0.39 is 0 Å².